The van der Waals surface area contributed by atoms with Gasteiger partial charge in [0.05, 0.1) is 7.05 Å². The highest BCUT2D eigenvalue weighted by Gasteiger charge is 2.58. The highest BCUT2D eigenvalue weighted by Crippen LogP contribution is 2.50. The van der Waals surface area contributed by atoms with Crippen LogP contribution in [0.2, 0.25) is 0 Å². The molecule has 2 aliphatic rings. The molecular weight excluding hydrogens is 356 g/mol. The second kappa shape index (κ2) is 7.95. The monoisotopic (exact) mass is 391 g/mol. The number of nitrogens with zero attached hydrogens (tertiary/aromatic N) is 2. The van der Waals surface area contributed by atoms with Crippen molar-refractivity contribution in [3.05, 3.63) is 60.2 Å². The third kappa shape index (κ3) is 3.50. The van der Waals surface area contributed by atoms with E-state index in [4.69, 9.17) is 0 Å². The Hall–Kier alpha value is -2.13. The largest absolute Gasteiger partial charge is 0.428 e. The molecule has 3 unspecified atom stereocenters. The van der Waals surface area contributed by atoms with Crippen LogP contribution < -0.4 is 9.38 Å². The van der Waals surface area contributed by atoms with E-state index in [0.29, 0.717) is 4.48 Å². The second-order valence-electron chi connectivity index (χ2n) is 9.51. The maximum Gasteiger partial charge on any atom is 0.428 e. The maximum absolute atomic E-state index is 13.4. The van der Waals surface area contributed by atoms with Gasteiger partial charge in [-0.1, -0.05) is 55.3 Å². The van der Waals surface area contributed by atoms with E-state index in [1.807, 2.05) is 18.0 Å². The van der Waals surface area contributed by atoms with Crippen LogP contribution in [0.1, 0.15) is 57.4 Å². The van der Waals surface area contributed by atoms with Crippen LogP contribution in [0.3, 0.4) is 0 Å². The fraction of sp³-hybridized carbons (Fsp3) is 0.500. The highest BCUT2D eigenvalue weighted by molar-refractivity contribution is 6.09. The lowest BCUT2D eigenvalue weighted by atomic mass is 9.86. The number of rotatable bonds is 5. The topological polar surface area (TPSA) is 20.3 Å². The summed E-state index contributed by atoms with van der Waals surface area (Å²) in [4.78, 5) is 15.3. The number of hydrogen-bond donors (Lipinski definition) is 0. The third-order valence-corrected chi connectivity index (χ3v) is 7.81. The fourth-order valence-corrected chi connectivity index (χ4v) is 5.69. The Labute approximate surface area is 175 Å². The zero-order valence-corrected chi connectivity index (χ0v) is 18.2. The number of carbonyl (C=O) groups excluding carboxylic acids is 1. The van der Waals surface area contributed by atoms with Crippen molar-refractivity contribution in [2.24, 2.45) is 5.92 Å². The minimum Gasteiger partial charge on any atom is -0.259 e. The molecule has 3 nitrogen and oxygen atoms in total. The lowest BCUT2D eigenvalue weighted by molar-refractivity contribution is 0.145. The second-order valence-corrected chi connectivity index (χ2v) is 9.51. The van der Waals surface area contributed by atoms with Crippen LogP contribution in [0.5, 0.6) is 0 Å². The van der Waals surface area contributed by atoms with Gasteiger partial charge < -0.3 is 0 Å². The minimum atomic E-state index is -0.0356. The van der Waals surface area contributed by atoms with Gasteiger partial charge in [-0.25, -0.2) is 9.28 Å². The summed E-state index contributed by atoms with van der Waals surface area (Å²) in [6.07, 6.45) is 9.74. The molecule has 154 valence electrons. The average molecular weight is 392 g/mol. The van der Waals surface area contributed by atoms with Crippen LogP contribution in [-0.4, -0.2) is 25.7 Å². The first-order valence-corrected chi connectivity index (χ1v) is 11.2. The molecular formula is C26H35N2O+. The molecule has 3 atom stereocenters. The van der Waals surface area contributed by atoms with Gasteiger partial charge in [0.15, 0.2) is 5.69 Å². The highest BCUT2D eigenvalue weighted by atomic mass is 16.2. The van der Waals surface area contributed by atoms with Crippen molar-refractivity contribution >= 4 is 17.4 Å². The smallest absolute Gasteiger partial charge is 0.259 e. The summed E-state index contributed by atoms with van der Waals surface area (Å²) in [5, 5.41) is 0. The first kappa shape index (κ1) is 20.2. The van der Waals surface area contributed by atoms with Crippen LogP contribution in [0.15, 0.2) is 54.6 Å². The Morgan fingerprint density at radius 2 is 1.76 bits per heavy atom. The van der Waals surface area contributed by atoms with Gasteiger partial charge in [-0.05, 0) is 50.2 Å². The molecule has 0 N–H and O–H groups in total. The van der Waals surface area contributed by atoms with E-state index >= 15 is 0 Å². The summed E-state index contributed by atoms with van der Waals surface area (Å²) in [7, 11) is 4.08. The van der Waals surface area contributed by atoms with Crippen molar-refractivity contribution in [3.8, 4) is 0 Å². The number of quaternary nitrogens is 1. The summed E-state index contributed by atoms with van der Waals surface area (Å²) in [5.41, 5.74) is 3.66. The lowest BCUT2D eigenvalue weighted by Gasteiger charge is -2.43. The van der Waals surface area contributed by atoms with E-state index in [9.17, 15) is 4.79 Å². The van der Waals surface area contributed by atoms with Crippen molar-refractivity contribution in [1.29, 1.82) is 0 Å². The molecule has 0 saturated heterocycles. The van der Waals surface area contributed by atoms with Gasteiger partial charge in [0.2, 0.25) is 0 Å². The molecule has 1 aliphatic carbocycles. The first-order chi connectivity index (χ1) is 14.0. The minimum absolute atomic E-state index is 0.0356. The summed E-state index contributed by atoms with van der Waals surface area (Å²) in [6, 6.07) is 19.4. The average Bonchev–Trinajstić information content (AvgIpc) is 2.87. The van der Waals surface area contributed by atoms with Crippen LogP contribution in [0.25, 0.3) is 0 Å². The standard InChI is InChI=1S/C26H35N2O/c1-26(28(3)24-17-8-7-16-23(24)27(2)25(28)29)19-10-15-22(18-20-26)14-9-13-21-11-5-4-6-12-21/h4-8,11-12,16-17,22H,9-10,13-15,18-20H2,1-3H3/q+1. The van der Waals surface area contributed by atoms with Crippen LogP contribution in [-0.2, 0) is 6.42 Å². The van der Waals surface area contributed by atoms with Crippen LogP contribution >= 0.6 is 0 Å². The third-order valence-electron chi connectivity index (χ3n) is 7.81. The molecule has 29 heavy (non-hydrogen) atoms. The summed E-state index contributed by atoms with van der Waals surface area (Å²) < 4.78 is 0.427. The van der Waals surface area contributed by atoms with Crippen molar-refractivity contribution in [1.82, 2.24) is 4.48 Å². The molecule has 1 saturated carbocycles. The van der Waals surface area contributed by atoms with E-state index < -0.39 is 0 Å². The molecule has 4 rings (SSSR count). The molecule has 1 aliphatic heterocycles. The number of amides is 2. The number of anilines is 1. The number of aryl methyl sites for hydroxylation is 1. The zero-order valence-electron chi connectivity index (χ0n) is 18.2. The Bertz CT molecular complexity index is 864. The molecule has 3 heteroatoms. The van der Waals surface area contributed by atoms with E-state index in [-0.39, 0.29) is 11.6 Å². The number of carbonyl (C=O) groups is 1. The van der Waals surface area contributed by atoms with Gasteiger partial charge in [-0.3, -0.25) is 4.90 Å². The number of fused-ring (bicyclic) bond motifs is 1. The SMILES string of the molecule is CN1C(=O)[N+](C)(C2(C)CCCC(CCCc3ccccc3)CC2)c2ccccc21. The van der Waals surface area contributed by atoms with Gasteiger partial charge in [-0.2, -0.15) is 0 Å². The molecule has 2 aromatic carbocycles. The first-order valence-electron chi connectivity index (χ1n) is 11.2. The summed E-state index contributed by atoms with van der Waals surface area (Å²) >= 11 is 0. The zero-order chi connectivity index (χ0) is 20.5. The van der Waals surface area contributed by atoms with E-state index in [0.717, 1.165) is 24.4 Å². The van der Waals surface area contributed by atoms with E-state index in [1.165, 1.54) is 49.8 Å². The predicted molar refractivity (Wildman–Crippen MR) is 122 cm³/mol. The molecule has 2 amide bonds. The molecule has 0 radical (unpaired) electrons. The van der Waals surface area contributed by atoms with Gasteiger partial charge in [0, 0.05) is 26.0 Å². The van der Waals surface area contributed by atoms with Gasteiger partial charge in [-0.15, -0.1) is 0 Å². The van der Waals surface area contributed by atoms with Gasteiger partial charge >= 0.3 is 6.03 Å². The lowest BCUT2D eigenvalue weighted by Crippen LogP contribution is -2.65. The molecule has 2 aromatic rings. The number of hydrogen-bond acceptors (Lipinski definition) is 1. The Morgan fingerprint density at radius 1 is 1.03 bits per heavy atom. The number of urea groups is 1. The number of para-hydroxylation sites is 2. The normalized spacial score (nSPS) is 29.6. The summed E-state index contributed by atoms with van der Waals surface area (Å²) in [6.45, 7) is 2.35. The Kier molecular flexibility index (Phi) is 5.52. The fourth-order valence-electron chi connectivity index (χ4n) is 5.69. The molecule has 1 fully saturated rings. The van der Waals surface area contributed by atoms with Crippen molar-refractivity contribution in [2.45, 2.75) is 63.8 Å². The maximum atomic E-state index is 13.4. The Morgan fingerprint density at radius 3 is 2.55 bits per heavy atom. The summed E-state index contributed by atoms with van der Waals surface area (Å²) in [5.74, 6) is 0.790. The van der Waals surface area contributed by atoms with E-state index in [2.05, 4.69) is 62.5 Å². The predicted octanol–water partition coefficient (Wildman–Crippen LogP) is 6.56. The molecule has 1 heterocycles. The molecule has 0 aromatic heterocycles. The van der Waals surface area contributed by atoms with Crippen molar-refractivity contribution in [3.63, 3.8) is 0 Å². The molecule has 0 bridgehead atoms. The van der Waals surface area contributed by atoms with Crippen LogP contribution in [0, 0.1) is 5.92 Å². The van der Waals surface area contributed by atoms with Crippen LogP contribution in [0.4, 0.5) is 16.2 Å². The number of benzene rings is 2. The van der Waals surface area contributed by atoms with Crippen molar-refractivity contribution in [2.75, 3.05) is 19.0 Å². The van der Waals surface area contributed by atoms with E-state index in [1.54, 1.807) is 0 Å². The van der Waals surface area contributed by atoms with Crippen molar-refractivity contribution < 1.29 is 4.79 Å². The van der Waals surface area contributed by atoms with Gasteiger partial charge in [0.1, 0.15) is 11.2 Å². The quantitative estimate of drug-likeness (QED) is 0.418. The Balaban J connectivity index is 1.45. The molecule has 0 spiro atoms. The van der Waals surface area contributed by atoms with Gasteiger partial charge in [0.25, 0.3) is 0 Å².